The van der Waals surface area contributed by atoms with Crippen molar-refractivity contribution in [1.29, 1.82) is 0 Å². The number of allylic oxidation sites excluding steroid dienone is 2. The van der Waals surface area contributed by atoms with Crippen molar-refractivity contribution in [3.63, 3.8) is 0 Å². The third-order valence-corrected chi connectivity index (χ3v) is 3.55. The molecule has 0 radical (unpaired) electrons. The molecule has 1 atom stereocenters. The van der Waals surface area contributed by atoms with Crippen LogP contribution in [0.3, 0.4) is 0 Å². The normalized spacial score (nSPS) is 10.9. The van der Waals surface area contributed by atoms with Gasteiger partial charge in [0.15, 0.2) is 0 Å². The molecule has 0 aromatic heterocycles. The molecule has 0 N–H and O–H groups in total. The Balaban J connectivity index is 0. The van der Waals surface area contributed by atoms with E-state index in [-0.39, 0.29) is 49.0 Å². The summed E-state index contributed by atoms with van der Waals surface area (Å²) in [5, 5.41) is 11.5. The van der Waals surface area contributed by atoms with E-state index in [0.717, 1.165) is 0 Å². The van der Waals surface area contributed by atoms with Crippen molar-refractivity contribution in [3.8, 4) is 0 Å². The average Bonchev–Trinajstić information content (AvgIpc) is 2.59. The summed E-state index contributed by atoms with van der Waals surface area (Å²) in [6.07, 6.45) is 5.13. The van der Waals surface area contributed by atoms with E-state index < -0.39 is 36.2 Å². The Bertz CT molecular complexity index is 494. The van der Waals surface area contributed by atoms with Gasteiger partial charge in [0.1, 0.15) is 0 Å². The van der Waals surface area contributed by atoms with E-state index in [2.05, 4.69) is 13.2 Å². The molecule has 0 aliphatic carbocycles. The van der Waals surface area contributed by atoms with Crippen LogP contribution < -0.4 is 34.7 Å². The van der Waals surface area contributed by atoms with Gasteiger partial charge in [-0.3, -0.25) is 19.3 Å². The molecule has 0 spiro atoms. The first-order chi connectivity index (χ1) is 12.4. The van der Waals surface area contributed by atoms with Crippen molar-refractivity contribution < 1.29 is 58.6 Å². The molecule has 8 heteroatoms. The van der Waals surface area contributed by atoms with E-state index in [1.54, 1.807) is 19.1 Å². The molecule has 2 amide bonds. The Morgan fingerprint density at radius 2 is 1.52 bits per heavy atom. The Labute approximate surface area is 183 Å². The predicted molar refractivity (Wildman–Crippen MR) is 94.6 cm³/mol. The molecule has 0 aliphatic heterocycles. The first kappa shape index (κ1) is 27.8. The maximum absolute atomic E-state index is 12.4. The Morgan fingerprint density at radius 3 is 1.89 bits per heavy atom. The van der Waals surface area contributed by atoms with Gasteiger partial charge in [-0.25, -0.2) is 0 Å². The summed E-state index contributed by atoms with van der Waals surface area (Å²) in [7, 11) is 0. The van der Waals surface area contributed by atoms with E-state index in [1.165, 1.54) is 0 Å². The van der Waals surface area contributed by atoms with Crippen LogP contribution in [0.4, 0.5) is 0 Å². The van der Waals surface area contributed by atoms with E-state index in [0.29, 0.717) is 37.0 Å². The van der Waals surface area contributed by atoms with Crippen molar-refractivity contribution in [2.24, 2.45) is 0 Å². The van der Waals surface area contributed by atoms with Gasteiger partial charge in [0, 0.05) is 12.8 Å². The van der Waals surface area contributed by atoms with Crippen LogP contribution in [0.1, 0.15) is 58.3 Å². The van der Waals surface area contributed by atoms with Crippen LogP contribution in [0.2, 0.25) is 0 Å². The second kappa shape index (κ2) is 16.7. The summed E-state index contributed by atoms with van der Waals surface area (Å²) in [6.45, 7) is 9.04. The second-order valence-electron chi connectivity index (χ2n) is 5.78. The average molecular weight is 389 g/mol. The van der Waals surface area contributed by atoms with Gasteiger partial charge in [-0.05, 0) is 32.1 Å². The zero-order valence-electron chi connectivity index (χ0n) is 16.4. The fraction of sp³-hybridized carbons (Fsp3) is 0.579. The van der Waals surface area contributed by atoms with Gasteiger partial charge in [0.2, 0.25) is 11.8 Å². The predicted octanol–water partition coefficient (Wildman–Crippen LogP) is -1.48. The molecule has 0 saturated carbocycles. The van der Waals surface area contributed by atoms with Crippen molar-refractivity contribution in [1.82, 2.24) is 4.90 Å². The summed E-state index contributed by atoms with van der Waals surface area (Å²) in [4.78, 5) is 48.8. The zero-order chi connectivity index (χ0) is 19.9. The Kier molecular flexibility index (Phi) is 17.2. The molecule has 7 nitrogen and oxygen atoms in total. The van der Waals surface area contributed by atoms with Crippen LogP contribution in [-0.2, 0) is 23.9 Å². The molecule has 0 aromatic carbocycles. The van der Waals surface area contributed by atoms with Crippen molar-refractivity contribution >= 4 is 23.8 Å². The van der Waals surface area contributed by atoms with Crippen LogP contribution in [0, 0.1) is 0 Å². The smallest absolute Gasteiger partial charge is 0.548 e. The van der Waals surface area contributed by atoms with E-state index in [9.17, 15) is 24.3 Å². The van der Waals surface area contributed by atoms with Crippen molar-refractivity contribution in [2.75, 3.05) is 6.61 Å². The van der Waals surface area contributed by atoms with Gasteiger partial charge in [-0.1, -0.05) is 19.1 Å². The number of rotatable bonds is 14. The zero-order valence-corrected chi connectivity index (χ0v) is 18.4. The van der Waals surface area contributed by atoms with Crippen molar-refractivity contribution in [3.05, 3.63) is 25.3 Å². The number of carboxylic acid groups (broad SMARTS) is 1. The topological polar surface area (TPSA) is 104 Å². The number of nitrogens with zero attached hydrogens (tertiary/aromatic N) is 1. The molecular weight excluding hydrogens is 361 g/mol. The van der Waals surface area contributed by atoms with Crippen LogP contribution in [0.15, 0.2) is 25.3 Å². The van der Waals surface area contributed by atoms with Gasteiger partial charge in [-0.15, -0.1) is 13.2 Å². The monoisotopic (exact) mass is 389 g/mol. The number of carboxylic acids is 1. The first-order valence-corrected chi connectivity index (χ1v) is 8.82. The Hall–Kier alpha value is -1.44. The van der Waals surface area contributed by atoms with Gasteiger partial charge in [0.25, 0.3) is 0 Å². The molecule has 0 aliphatic rings. The maximum Gasteiger partial charge on any atom is 1.00 e. The van der Waals surface area contributed by atoms with Crippen molar-refractivity contribution in [2.45, 2.75) is 64.3 Å². The van der Waals surface area contributed by atoms with E-state index in [4.69, 9.17) is 4.74 Å². The third kappa shape index (κ3) is 11.8. The second-order valence-corrected chi connectivity index (χ2v) is 5.78. The molecule has 0 saturated heterocycles. The number of carbonyl (C=O) groups is 4. The minimum absolute atomic E-state index is 0. The number of ether oxygens (including phenoxy) is 1. The minimum Gasteiger partial charge on any atom is -0.548 e. The van der Waals surface area contributed by atoms with Crippen LogP contribution in [0.25, 0.3) is 0 Å². The summed E-state index contributed by atoms with van der Waals surface area (Å²) < 4.78 is 4.87. The standard InChI is InChI=1S/C19H29NO6.Na/c1-4-7-9-11-16(21)20(17(22)12-10-8-5-2)15(19(24)25)14-18(23)26-13-6-3;/h4-5,15H,1-2,6-14H2,3H3,(H,24,25);/q;+1/p-1. The number of hydrogen-bond acceptors (Lipinski definition) is 6. The summed E-state index contributed by atoms with van der Waals surface area (Å²) >= 11 is 0. The number of esters is 1. The largest absolute Gasteiger partial charge is 1.00 e. The molecule has 0 bridgehead atoms. The third-order valence-electron chi connectivity index (χ3n) is 3.55. The van der Waals surface area contributed by atoms with Crippen LogP contribution in [-0.4, -0.2) is 41.3 Å². The Morgan fingerprint density at radius 1 is 1.04 bits per heavy atom. The maximum atomic E-state index is 12.4. The van der Waals surface area contributed by atoms with E-state index in [1.807, 2.05) is 0 Å². The molecule has 1 unspecified atom stereocenters. The van der Waals surface area contributed by atoms with Gasteiger partial charge < -0.3 is 14.6 Å². The fourth-order valence-electron chi connectivity index (χ4n) is 2.24. The number of imide groups is 1. The number of hydrogen-bond donors (Lipinski definition) is 0. The summed E-state index contributed by atoms with van der Waals surface area (Å²) in [5.41, 5.74) is 0. The number of carbonyl (C=O) groups excluding carboxylic acids is 4. The SMILES string of the molecule is C=CCCCC(=O)N(C(=O)CCCC=C)C(CC(=O)OCCC)C(=O)[O-].[Na+]. The number of unbranched alkanes of at least 4 members (excludes halogenated alkanes) is 2. The van der Waals surface area contributed by atoms with Gasteiger partial charge in [0.05, 0.1) is 25.0 Å². The first-order valence-electron chi connectivity index (χ1n) is 8.82. The molecule has 0 fully saturated rings. The summed E-state index contributed by atoms with van der Waals surface area (Å²) in [6, 6.07) is -1.67. The number of amides is 2. The number of aliphatic carboxylic acids is 1. The van der Waals surface area contributed by atoms with E-state index >= 15 is 0 Å². The molecule has 0 heterocycles. The molecule has 0 rings (SSSR count). The van der Waals surface area contributed by atoms with Crippen LogP contribution >= 0.6 is 0 Å². The molecule has 146 valence electrons. The van der Waals surface area contributed by atoms with Crippen LogP contribution in [0.5, 0.6) is 0 Å². The summed E-state index contributed by atoms with van der Waals surface area (Å²) in [5.74, 6) is -3.74. The minimum atomic E-state index is -1.67. The quantitative estimate of drug-likeness (QED) is 0.155. The fourth-order valence-corrected chi connectivity index (χ4v) is 2.24. The molecular formula is C19H28NNaO6. The molecule has 27 heavy (non-hydrogen) atoms. The molecule has 0 aromatic rings. The van der Waals surface area contributed by atoms with Gasteiger partial charge >= 0.3 is 35.5 Å². The van der Waals surface area contributed by atoms with Gasteiger partial charge in [-0.2, -0.15) is 0 Å².